The molecule has 3 rings (SSSR count). The summed E-state index contributed by atoms with van der Waals surface area (Å²) >= 11 is 12.5. The predicted molar refractivity (Wildman–Crippen MR) is 96.8 cm³/mol. The van der Waals surface area contributed by atoms with Crippen LogP contribution >= 0.6 is 23.2 Å². The Hall–Kier alpha value is -1.68. The molecule has 5 heteroatoms. The highest BCUT2D eigenvalue weighted by atomic mass is 35.5. The Kier molecular flexibility index (Phi) is 4.81. The Balaban J connectivity index is 1.94. The zero-order valence-corrected chi connectivity index (χ0v) is 14.3. The Morgan fingerprint density at radius 1 is 1.17 bits per heavy atom. The monoisotopic (exact) mass is 348 g/mol. The van der Waals surface area contributed by atoms with Crippen LogP contribution in [0.2, 0.25) is 10.0 Å². The van der Waals surface area contributed by atoms with Crippen molar-refractivity contribution < 1.29 is 4.74 Å². The van der Waals surface area contributed by atoms with Crippen molar-refractivity contribution in [1.29, 1.82) is 0 Å². The molecule has 0 fully saturated rings. The molecule has 0 bridgehead atoms. The van der Waals surface area contributed by atoms with E-state index in [1.165, 1.54) is 10.9 Å². The number of halogens is 2. The fraction of sp³-hybridized carbons (Fsp3) is 0.222. The molecule has 0 aliphatic rings. The first-order valence-electron chi connectivity index (χ1n) is 7.42. The van der Waals surface area contributed by atoms with Crippen molar-refractivity contribution in [2.45, 2.75) is 12.3 Å². The molecule has 1 atom stereocenters. The van der Waals surface area contributed by atoms with E-state index in [-0.39, 0.29) is 5.92 Å². The lowest BCUT2D eigenvalue weighted by Gasteiger charge is -2.16. The Labute approximate surface area is 145 Å². The van der Waals surface area contributed by atoms with Gasteiger partial charge in [-0.1, -0.05) is 41.4 Å². The van der Waals surface area contributed by atoms with E-state index < -0.39 is 0 Å². The normalized spacial score (nSPS) is 12.5. The van der Waals surface area contributed by atoms with Crippen LogP contribution in [0.1, 0.15) is 17.0 Å². The standard InChI is InChI=1S/C18H18Cl2N2O/c1-23-18-15(19)7-11(8-16(18)20)6-12(9-21)14-10-22-17-5-3-2-4-13(14)17/h2-5,7-8,10,12,22H,6,9,21H2,1H3. The van der Waals surface area contributed by atoms with Gasteiger partial charge in [0.15, 0.2) is 5.75 Å². The molecule has 120 valence electrons. The molecule has 0 saturated heterocycles. The first-order chi connectivity index (χ1) is 11.1. The van der Waals surface area contributed by atoms with Crippen molar-refractivity contribution in [3.05, 3.63) is 63.8 Å². The van der Waals surface area contributed by atoms with Gasteiger partial charge in [0.05, 0.1) is 17.2 Å². The number of fused-ring (bicyclic) bond motifs is 1. The number of methoxy groups -OCH3 is 1. The van der Waals surface area contributed by atoms with E-state index >= 15 is 0 Å². The highest BCUT2D eigenvalue weighted by molar-refractivity contribution is 6.37. The maximum atomic E-state index is 6.23. The number of nitrogens with one attached hydrogen (secondary N) is 1. The Morgan fingerprint density at radius 3 is 2.52 bits per heavy atom. The maximum absolute atomic E-state index is 6.23. The van der Waals surface area contributed by atoms with Crippen LogP contribution in [0.15, 0.2) is 42.6 Å². The van der Waals surface area contributed by atoms with Gasteiger partial charge in [-0.05, 0) is 42.3 Å². The minimum Gasteiger partial charge on any atom is -0.494 e. The molecule has 0 amide bonds. The number of aromatic amines is 1. The molecule has 3 N–H and O–H groups in total. The van der Waals surface area contributed by atoms with Crippen LogP contribution in [0.3, 0.4) is 0 Å². The van der Waals surface area contributed by atoms with Crippen LogP contribution in [0.25, 0.3) is 10.9 Å². The Bertz CT molecular complexity index is 806. The van der Waals surface area contributed by atoms with Gasteiger partial charge in [-0.3, -0.25) is 0 Å². The molecule has 0 aliphatic heterocycles. The van der Waals surface area contributed by atoms with Gasteiger partial charge in [0.2, 0.25) is 0 Å². The van der Waals surface area contributed by atoms with Crippen molar-refractivity contribution >= 4 is 34.1 Å². The van der Waals surface area contributed by atoms with Crippen LogP contribution in [-0.2, 0) is 6.42 Å². The second-order valence-corrected chi connectivity index (χ2v) is 6.33. The maximum Gasteiger partial charge on any atom is 0.156 e. The molecule has 1 aromatic heterocycles. The van der Waals surface area contributed by atoms with Gasteiger partial charge in [0.1, 0.15) is 0 Å². The molecular weight excluding hydrogens is 331 g/mol. The predicted octanol–water partition coefficient (Wildman–Crippen LogP) is 4.77. The van der Waals surface area contributed by atoms with Crippen LogP contribution in [0.5, 0.6) is 5.75 Å². The van der Waals surface area contributed by atoms with Gasteiger partial charge in [-0.15, -0.1) is 0 Å². The number of H-pyrrole nitrogens is 1. The molecule has 0 spiro atoms. The highest BCUT2D eigenvalue weighted by Gasteiger charge is 2.17. The summed E-state index contributed by atoms with van der Waals surface area (Å²) in [5.74, 6) is 0.695. The summed E-state index contributed by atoms with van der Waals surface area (Å²) in [4.78, 5) is 3.30. The fourth-order valence-corrected chi connectivity index (χ4v) is 3.65. The first-order valence-corrected chi connectivity index (χ1v) is 8.17. The highest BCUT2D eigenvalue weighted by Crippen LogP contribution is 2.36. The van der Waals surface area contributed by atoms with Crippen molar-refractivity contribution in [2.75, 3.05) is 13.7 Å². The van der Waals surface area contributed by atoms with E-state index in [1.807, 2.05) is 30.5 Å². The second-order valence-electron chi connectivity index (χ2n) is 5.52. The number of hydrogen-bond acceptors (Lipinski definition) is 2. The molecule has 2 aromatic carbocycles. The minimum atomic E-state index is 0.187. The van der Waals surface area contributed by atoms with Gasteiger partial charge in [-0.2, -0.15) is 0 Å². The van der Waals surface area contributed by atoms with Crippen molar-refractivity contribution in [2.24, 2.45) is 5.73 Å². The number of aromatic nitrogens is 1. The lowest BCUT2D eigenvalue weighted by molar-refractivity contribution is 0.415. The van der Waals surface area contributed by atoms with Gasteiger partial charge >= 0.3 is 0 Å². The van der Waals surface area contributed by atoms with Gasteiger partial charge in [0.25, 0.3) is 0 Å². The number of ether oxygens (including phenoxy) is 1. The Morgan fingerprint density at radius 2 is 1.87 bits per heavy atom. The van der Waals surface area contributed by atoms with E-state index in [0.717, 1.165) is 17.5 Å². The number of benzene rings is 2. The molecule has 23 heavy (non-hydrogen) atoms. The van der Waals surface area contributed by atoms with Crippen molar-refractivity contribution in [1.82, 2.24) is 4.98 Å². The largest absolute Gasteiger partial charge is 0.494 e. The summed E-state index contributed by atoms with van der Waals surface area (Å²) in [6.45, 7) is 0.545. The molecule has 3 nitrogen and oxygen atoms in total. The zero-order chi connectivity index (χ0) is 16.4. The summed E-state index contributed by atoms with van der Waals surface area (Å²) in [5.41, 5.74) is 9.40. The van der Waals surface area contributed by atoms with Crippen LogP contribution < -0.4 is 10.5 Å². The molecule has 0 aliphatic carbocycles. The summed E-state index contributed by atoms with van der Waals surface area (Å²) in [6.07, 6.45) is 2.80. The molecule has 1 heterocycles. The van der Waals surface area contributed by atoms with E-state index in [1.54, 1.807) is 7.11 Å². The molecule has 0 saturated carbocycles. The quantitative estimate of drug-likeness (QED) is 0.697. The molecule has 3 aromatic rings. The van der Waals surface area contributed by atoms with Crippen LogP contribution in [0, 0.1) is 0 Å². The zero-order valence-electron chi connectivity index (χ0n) is 12.8. The van der Waals surface area contributed by atoms with Gasteiger partial charge < -0.3 is 15.5 Å². The third kappa shape index (κ3) is 3.18. The lowest BCUT2D eigenvalue weighted by Crippen LogP contribution is -2.14. The second kappa shape index (κ2) is 6.83. The smallest absolute Gasteiger partial charge is 0.156 e. The van der Waals surface area contributed by atoms with E-state index in [0.29, 0.717) is 22.3 Å². The third-order valence-corrected chi connectivity index (χ3v) is 4.65. The van der Waals surface area contributed by atoms with E-state index in [2.05, 4.69) is 17.1 Å². The summed E-state index contributed by atoms with van der Waals surface area (Å²) < 4.78 is 5.20. The first kappa shape index (κ1) is 16.2. The van der Waals surface area contributed by atoms with Crippen LogP contribution in [-0.4, -0.2) is 18.6 Å². The summed E-state index contributed by atoms with van der Waals surface area (Å²) in [6, 6.07) is 12.0. The number of nitrogens with two attached hydrogens (primary N) is 1. The molecule has 0 radical (unpaired) electrons. The van der Waals surface area contributed by atoms with E-state index in [9.17, 15) is 0 Å². The van der Waals surface area contributed by atoms with E-state index in [4.69, 9.17) is 33.7 Å². The summed E-state index contributed by atoms with van der Waals surface area (Å²) in [5, 5.41) is 2.24. The summed E-state index contributed by atoms with van der Waals surface area (Å²) in [7, 11) is 1.56. The average Bonchev–Trinajstić information content (AvgIpc) is 2.96. The topological polar surface area (TPSA) is 51.0 Å². The lowest BCUT2D eigenvalue weighted by atomic mass is 9.91. The third-order valence-electron chi connectivity index (χ3n) is 4.09. The van der Waals surface area contributed by atoms with Gasteiger partial charge in [-0.25, -0.2) is 0 Å². The van der Waals surface area contributed by atoms with Crippen molar-refractivity contribution in [3.63, 3.8) is 0 Å². The SMILES string of the molecule is COc1c(Cl)cc(CC(CN)c2c[nH]c3ccccc23)cc1Cl. The fourth-order valence-electron chi connectivity index (χ4n) is 2.96. The number of para-hydroxylation sites is 1. The van der Waals surface area contributed by atoms with Crippen LogP contribution in [0.4, 0.5) is 0 Å². The van der Waals surface area contributed by atoms with Gasteiger partial charge in [0, 0.05) is 23.0 Å². The molecular formula is C18H18Cl2N2O. The average molecular weight is 349 g/mol. The number of hydrogen-bond donors (Lipinski definition) is 2. The van der Waals surface area contributed by atoms with Crippen molar-refractivity contribution in [3.8, 4) is 5.75 Å². The minimum absolute atomic E-state index is 0.187. The number of rotatable bonds is 5. The molecule has 1 unspecified atom stereocenters.